The van der Waals surface area contributed by atoms with Gasteiger partial charge in [0.1, 0.15) is 6.04 Å². The highest BCUT2D eigenvalue weighted by Gasteiger charge is 2.42. The molecule has 7 nitrogen and oxygen atoms in total. The summed E-state index contributed by atoms with van der Waals surface area (Å²) in [5.41, 5.74) is 1.01. The van der Waals surface area contributed by atoms with E-state index in [9.17, 15) is 18.0 Å². The molecule has 8 heteroatoms. The van der Waals surface area contributed by atoms with Crippen LogP contribution in [0.1, 0.15) is 31.2 Å². The molecule has 3 aliphatic rings. The molecule has 1 unspecified atom stereocenters. The summed E-state index contributed by atoms with van der Waals surface area (Å²) in [4.78, 5) is 29.2. The summed E-state index contributed by atoms with van der Waals surface area (Å²) >= 11 is 0. The fourth-order valence-electron chi connectivity index (χ4n) is 4.07. The Bertz CT molecular complexity index is 856. The molecular weight excluding hydrogens is 378 g/mol. The number of carbonyl (C=O) groups is 2. The van der Waals surface area contributed by atoms with Crippen molar-refractivity contribution in [3.05, 3.63) is 29.8 Å². The van der Waals surface area contributed by atoms with Crippen LogP contribution in [0.25, 0.3) is 0 Å². The van der Waals surface area contributed by atoms with Gasteiger partial charge in [-0.1, -0.05) is 17.7 Å². The Morgan fingerprint density at radius 2 is 1.54 bits per heavy atom. The molecule has 2 aliphatic heterocycles. The fourth-order valence-corrected chi connectivity index (χ4v) is 5.49. The summed E-state index contributed by atoms with van der Waals surface area (Å²) < 4.78 is 27.1. The molecule has 4 rings (SSSR count). The highest BCUT2D eigenvalue weighted by molar-refractivity contribution is 7.89. The normalized spacial score (nSPS) is 23.8. The van der Waals surface area contributed by atoms with E-state index in [-0.39, 0.29) is 41.8 Å². The predicted octanol–water partition coefficient (Wildman–Crippen LogP) is 1.23. The predicted molar refractivity (Wildman–Crippen MR) is 104 cm³/mol. The smallest absolute Gasteiger partial charge is 0.245 e. The number of sulfonamides is 1. The molecular formula is C20H27N3O4S. The molecule has 1 aliphatic carbocycles. The van der Waals surface area contributed by atoms with Crippen molar-refractivity contribution >= 4 is 21.8 Å². The number of nitrogens with zero attached hydrogens (tertiary/aromatic N) is 3. The molecule has 0 spiro atoms. The van der Waals surface area contributed by atoms with E-state index in [1.165, 1.54) is 4.31 Å². The summed E-state index contributed by atoms with van der Waals surface area (Å²) in [6, 6.07) is 6.47. The standard InChI is InChI=1S/C20H27N3O4S/c1-15-4-8-17(9-5-15)28(26,27)22-13-11-21(12-14-22)20(25)18-3-2-10-23(18)19(24)16-6-7-16/h4-5,8-9,16,18H,2-3,6-7,10-14H2,1H3. The van der Waals surface area contributed by atoms with Crippen molar-refractivity contribution in [3.8, 4) is 0 Å². The van der Waals surface area contributed by atoms with Crippen molar-refractivity contribution in [1.29, 1.82) is 0 Å². The Morgan fingerprint density at radius 1 is 0.893 bits per heavy atom. The number of hydrogen-bond acceptors (Lipinski definition) is 4. The first-order chi connectivity index (χ1) is 13.4. The molecule has 2 heterocycles. The Labute approximate surface area is 166 Å². The molecule has 1 atom stereocenters. The number of likely N-dealkylation sites (tertiary alicyclic amines) is 1. The molecule has 0 N–H and O–H groups in total. The molecule has 0 bridgehead atoms. The molecule has 0 radical (unpaired) electrons. The number of piperazine rings is 1. The van der Waals surface area contributed by atoms with Crippen LogP contribution in [0.4, 0.5) is 0 Å². The maximum atomic E-state index is 13.0. The number of benzene rings is 1. The third-order valence-electron chi connectivity index (χ3n) is 5.96. The Kier molecular flexibility index (Phi) is 5.18. The molecule has 1 saturated carbocycles. The van der Waals surface area contributed by atoms with Crippen LogP contribution in [0.2, 0.25) is 0 Å². The molecule has 0 aromatic heterocycles. The van der Waals surface area contributed by atoms with E-state index in [1.807, 2.05) is 6.92 Å². The van der Waals surface area contributed by atoms with Crippen LogP contribution in [0, 0.1) is 12.8 Å². The second-order valence-electron chi connectivity index (χ2n) is 8.01. The summed E-state index contributed by atoms with van der Waals surface area (Å²) in [6.45, 7) is 3.88. The van der Waals surface area contributed by atoms with Gasteiger partial charge in [0.15, 0.2) is 0 Å². The van der Waals surface area contributed by atoms with E-state index in [4.69, 9.17) is 0 Å². The first-order valence-electron chi connectivity index (χ1n) is 10.0. The summed E-state index contributed by atoms with van der Waals surface area (Å²) in [5, 5.41) is 0. The summed E-state index contributed by atoms with van der Waals surface area (Å²) in [7, 11) is -3.54. The molecule has 3 fully saturated rings. The zero-order valence-corrected chi connectivity index (χ0v) is 17.0. The van der Waals surface area contributed by atoms with Crippen LogP contribution in [0.3, 0.4) is 0 Å². The van der Waals surface area contributed by atoms with Crippen LogP contribution in [-0.2, 0) is 19.6 Å². The van der Waals surface area contributed by atoms with Gasteiger partial charge in [-0.2, -0.15) is 4.31 Å². The number of aryl methyl sites for hydroxylation is 1. The molecule has 1 aromatic carbocycles. The zero-order valence-electron chi connectivity index (χ0n) is 16.2. The SMILES string of the molecule is Cc1ccc(S(=O)(=O)N2CCN(C(=O)C3CCCN3C(=O)C3CC3)CC2)cc1. The first-order valence-corrected chi connectivity index (χ1v) is 11.5. The third-order valence-corrected chi connectivity index (χ3v) is 7.87. The molecule has 152 valence electrons. The monoisotopic (exact) mass is 405 g/mol. The van der Waals surface area contributed by atoms with Gasteiger partial charge in [-0.05, 0) is 44.7 Å². The quantitative estimate of drug-likeness (QED) is 0.755. The van der Waals surface area contributed by atoms with Crippen LogP contribution < -0.4 is 0 Å². The molecule has 28 heavy (non-hydrogen) atoms. The average molecular weight is 406 g/mol. The van der Waals surface area contributed by atoms with Crippen molar-refractivity contribution in [2.75, 3.05) is 32.7 Å². The van der Waals surface area contributed by atoms with Crippen molar-refractivity contribution in [2.45, 2.75) is 43.5 Å². The number of amides is 2. The minimum Gasteiger partial charge on any atom is -0.338 e. The van der Waals surface area contributed by atoms with Crippen molar-refractivity contribution < 1.29 is 18.0 Å². The third kappa shape index (κ3) is 3.67. The second kappa shape index (κ2) is 7.48. The Morgan fingerprint density at radius 3 is 2.14 bits per heavy atom. The minimum atomic E-state index is -3.54. The van der Waals surface area contributed by atoms with Crippen LogP contribution in [0.5, 0.6) is 0 Å². The number of carbonyl (C=O) groups excluding carboxylic acids is 2. The Hall–Kier alpha value is -1.93. The van der Waals surface area contributed by atoms with E-state index >= 15 is 0 Å². The lowest BCUT2D eigenvalue weighted by molar-refractivity contribution is -0.145. The van der Waals surface area contributed by atoms with Gasteiger partial charge in [0.2, 0.25) is 21.8 Å². The van der Waals surface area contributed by atoms with Crippen LogP contribution >= 0.6 is 0 Å². The topological polar surface area (TPSA) is 78.0 Å². The zero-order chi connectivity index (χ0) is 19.9. The summed E-state index contributed by atoms with van der Waals surface area (Å²) in [6.07, 6.45) is 3.44. The van der Waals surface area contributed by atoms with Gasteiger partial charge in [0, 0.05) is 38.6 Å². The maximum absolute atomic E-state index is 13.0. The summed E-state index contributed by atoms with van der Waals surface area (Å²) in [5.74, 6) is 0.209. The van der Waals surface area contributed by atoms with Gasteiger partial charge in [-0.3, -0.25) is 9.59 Å². The lowest BCUT2D eigenvalue weighted by atomic mass is 10.1. The number of rotatable bonds is 4. The van der Waals surface area contributed by atoms with E-state index < -0.39 is 10.0 Å². The number of hydrogen-bond donors (Lipinski definition) is 0. The maximum Gasteiger partial charge on any atom is 0.245 e. The van der Waals surface area contributed by atoms with E-state index in [2.05, 4.69) is 0 Å². The molecule has 2 saturated heterocycles. The lowest BCUT2D eigenvalue weighted by Gasteiger charge is -2.36. The van der Waals surface area contributed by atoms with Crippen molar-refractivity contribution in [2.24, 2.45) is 5.92 Å². The fraction of sp³-hybridized carbons (Fsp3) is 0.600. The second-order valence-corrected chi connectivity index (χ2v) is 9.94. The highest BCUT2D eigenvalue weighted by atomic mass is 32.2. The largest absolute Gasteiger partial charge is 0.338 e. The lowest BCUT2D eigenvalue weighted by Crippen LogP contribution is -2.55. The van der Waals surface area contributed by atoms with Gasteiger partial charge >= 0.3 is 0 Å². The van der Waals surface area contributed by atoms with Crippen molar-refractivity contribution in [1.82, 2.24) is 14.1 Å². The minimum absolute atomic E-state index is 0.0288. The molecule has 2 amide bonds. The Balaban J connectivity index is 1.39. The van der Waals surface area contributed by atoms with Gasteiger partial charge < -0.3 is 9.80 Å². The van der Waals surface area contributed by atoms with Crippen molar-refractivity contribution in [3.63, 3.8) is 0 Å². The van der Waals surface area contributed by atoms with Gasteiger partial charge in [0.25, 0.3) is 0 Å². The highest BCUT2D eigenvalue weighted by Crippen LogP contribution is 2.34. The van der Waals surface area contributed by atoms with E-state index in [0.717, 1.165) is 24.8 Å². The molecule has 1 aromatic rings. The first kappa shape index (κ1) is 19.4. The van der Waals surface area contributed by atoms with Crippen LogP contribution in [-0.4, -0.2) is 73.1 Å². The van der Waals surface area contributed by atoms with Gasteiger partial charge in [-0.15, -0.1) is 0 Å². The van der Waals surface area contributed by atoms with Gasteiger partial charge in [-0.25, -0.2) is 8.42 Å². The van der Waals surface area contributed by atoms with E-state index in [0.29, 0.717) is 26.1 Å². The van der Waals surface area contributed by atoms with Gasteiger partial charge in [0.05, 0.1) is 4.90 Å². The average Bonchev–Trinajstić information content (AvgIpc) is 3.44. The van der Waals surface area contributed by atoms with Crippen LogP contribution in [0.15, 0.2) is 29.2 Å². The van der Waals surface area contributed by atoms with E-state index in [1.54, 1.807) is 34.1 Å².